The van der Waals surface area contributed by atoms with Crippen LogP contribution in [-0.4, -0.2) is 81.6 Å². The third kappa shape index (κ3) is 9.41. The van der Waals surface area contributed by atoms with Gasteiger partial charge >= 0.3 is 19.2 Å². The van der Waals surface area contributed by atoms with Crippen LogP contribution in [0.2, 0.25) is 0 Å². The fourth-order valence-electron chi connectivity index (χ4n) is 5.17. The summed E-state index contributed by atoms with van der Waals surface area (Å²) in [6.07, 6.45) is -0.866. The van der Waals surface area contributed by atoms with Crippen LogP contribution in [0.3, 0.4) is 0 Å². The molecule has 0 unspecified atom stereocenters. The number of ether oxygens (including phenoxy) is 2. The van der Waals surface area contributed by atoms with Gasteiger partial charge in [-0.2, -0.15) is 0 Å². The number of aliphatic hydroxyl groups is 2. The van der Waals surface area contributed by atoms with E-state index >= 15 is 0 Å². The van der Waals surface area contributed by atoms with Crippen LogP contribution in [0.15, 0.2) is 70.7 Å². The molecule has 0 radical (unpaired) electrons. The number of nitrogens with zero attached hydrogens (tertiary/aromatic N) is 2. The molecule has 18 nitrogen and oxygen atoms in total. The summed E-state index contributed by atoms with van der Waals surface area (Å²) in [5, 5.41) is 21.5. The summed E-state index contributed by atoms with van der Waals surface area (Å²) in [6.45, 7) is -1.20. The maximum Gasteiger partial charge on any atom is 0.530 e. The van der Waals surface area contributed by atoms with E-state index in [1.807, 2.05) is 0 Å². The van der Waals surface area contributed by atoms with Gasteiger partial charge in [-0.3, -0.25) is 37.7 Å². The lowest BCUT2D eigenvalue weighted by Gasteiger charge is -2.23. The number of benzene rings is 1. The molecule has 2 aromatic heterocycles. The Labute approximate surface area is 305 Å². The molecule has 4 N–H and O–H groups in total. The highest BCUT2D eigenvalue weighted by Gasteiger charge is 2.42. The summed E-state index contributed by atoms with van der Waals surface area (Å²) in [5.41, 5.74) is -2.64. The molecule has 51 heavy (non-hydrogen) atoms. The number of hydrogen-bond acceptors (Lipinski definition) is 14. The minimum Gasteiger partial charge on any atom is -0.404 e. The maximum atomic E-state index is 14.0. The largest absolute Gasteiger partial charge is 0.530 e. The van der Waals surface area contributed by atoms with Crippen LogP contribution < -0.4 is 27.0 Å². The lowest BCUT2D eigenvalue weighted by Crippen LogP contribution is -2.33. The van der Waals surface area contributed by atoms with Gasteiger partial charge in [0, 0.05) is 31.5 Å². The highest BCUT2D eigenvalue weighted by atomic mass is 79.9. The van der Waals surface area contributed by atoms with E-state index < -0.39 is 90.2 Å². The zero-order valence-electron chi connectivity index (χ0n) is 26.4. The van der Waals surface area contributed by atoms with Gasteiger partial charge in [-0.15, -0.1) is 0 Å². The smallest absolute Gasteiger partial charge is 0.404 e. The molecule has 2 fully saturated rings. The van der Waals surface area contributed by atoms with Crippen molar-refractivity contribution < 1.29 is 46.2 Å². The van der Waals surface area contributed by atoms with Crippen molar-refractivity contribution in [1.29, 1.82) is 0 Å². The van der Waals surface area contributed by atoms with Crippen molar-refractivity contribution in [2.75, 3.05) is 19.5 Å². The van der Waals surface area contributed by atoms with E-state index in [0.29, 0.717) is 0 Å². The topological polar surface area (TPSA) is 248 Å². The van der Waals surface area contributed by atoms with Crippen LogP contribution in [-0.2, 0) is 32.9 Å². The van der Waals surface area contributed by atoms with Crippen molar-refractivity contribution in [3.05, 3.63) is 99.4 Å². The molecule has 2 aliphatic rings. The van der Waals surface area contributed by atoms with Crippen LogP contribution in [0, 0.1) is 0 Å². The molecule has 3 aromatic rings. The number of nitrogens with one attached hydrogen (secondary N) is 2. The zero-order valence-corrected chi connectivity index (χ0v) is 31.2. The van der Waals surface area contributed by atoms with Crippen molar-refractivity contribution in [3.8, 4) is 5.75 Å². The second kappa shape index (κ2) is 16.2. The summed E-state index contributed by atoms with van der Waals surface area (Å²) in [6, 6.07) is 4.85. The Bertz CT molecular complexity index is 2090. The Kier molecular flexibility index (Phi) is 12.4. The monoisotopic (exact) mass is 880 g/mol. The second-order valence-corrected chi connectivity index (χ2v) is 16.0. The zero-order chi connectivity index (χ0) is 37.1. The Hall–Kier alpha value is -3.24. The molecule has 0 saturated carbocycles. The van der Waals surface area contributed by atoms with Crippen LogP contribution in [0.1, 0.15) is 36.4 Å². The van der Waals surface area contributed by atoms with Gasteiger partial charge in [0.15, 0.2) is 9.84 Å². The van der Waals surface area contributed by atoms with Gasteiger partial charge in [-0.25, -0.2) is 22.6 Å². The molecule has 276 valence electrons. The number of halogens is 2. The van der Waals surface area contributed by atoms with Gasteiger partial charge in [0.1, 0.15) is 30.4 Å². The van der Waals surface area contributed by atoms with Gasteiger partial charge in [0.25, 0.3) is 11.1 Å². The first-order chi connectivity index (χ1) is 24.1. The fourth-order valence-corrected chi connectivity index (χ4v) is 7.59. The first kappa shape index (κ1) is 39.0. The Balaban J connectivity index is 1.33. The van der Waals surface area contributed by atoms with Crippen molar-refractivity contribution in [2.24, 2.45) is 0 Å². The molecule has 2 saturated heterocycles. The molecule has 5 rings (SSSR count). The SMILES string of the molecule is CS(=O)(=O)c1ccc(OP(=O)(OC[C@H]2O[C@@H](n3cc(/C=C/Br)c(=O)[nH]c3=O)C[C@@H]2O)OC[C@H]2O[C@@H](n3cc(/C=C/Br)c(=O)[nH]c3=O)C[C@@H]2O)cc1. The van der Waals surface area contributed by atoms with E-state index in [4.69, 9.17) is 23.0 Å². The predicted molar refractivity (Wildman–Crippen MR) is 187 cm³/mol. The Morgan fingerprint density at radius 3 is 1.67 bits per heavy atom. The number of aliphatic hydroxyl groups excluding tert-OH is 2. The van der Waals surface area contributed by atoms with Crippen molar-refractivity contribution >= 4 is 61.7 Å². The van der Waals surface area contributed by atoms with Gasteiger partial charge in [-0.1, -0.05) is 31.9 Å². The van der Waals surface area contributed by atoms with E-state index in [9.17, 15) is 42.4 Å². The average Bonchev–Trinajstić information content (AvgIpc) is 3.62. The molecule has 4 heterocycles. The van der Waals surface area contributed by atoms with Crippen LogP contribution in [0.25, 0.3) is 12.2 Å². The normalized spacial score (nSPS) is 24.2. The molecule has 6 atom stereocenters. The van der Waals surface area contributed by atoms with E-state index in [1.165, 1.54) is 58.8 Å². The van der Waals surface area contributed by atoms with Gasteiger partial charge in [-0.05, 0) is 46.4 Å². The first-order valence-electron chi connectivity index (χ1n) is 14.9. The summed E-state index contributed by atoms with van der Waals surface area (Å²) in [7, 11) is -8.27. The number of hydrogen-bond donors (Lipinski definition) is 4. The number of aromatic amines is 2. The lowest BCUT2D eigenvalue weighted by atomic mass is 10.2. The van der Waals surface area contributed by atoms with Gasteiger partial charge < -0.3 is 24.2 Å². The second-order valence-electron chi connectivity index (χ2n) is 11.3. The Morgan fingerprint density at radius 1 is 0.843 bits per heavy atom. The van der Waals surface area contributed by atoms with E-state index in [1.54, 1.807) is 0 Å². The highest BCUT2D eigenvalue weighted by Crippen LogP contribution is 2.51. The summed E-state index contributed by atoms with van der Waals surface area (Å²) in [4.78, 5) is 56.3. The molecule has 0 spiro atoms. The molecular weight excluding hydrogens is 851 g/mol. The van der Waals surface area contributed by atoms with Crippen molar-refractivity contribution in [3.63, 3.8) is 0 Å². The van der Waals surface area contributed by atoms with E-state index in [-0.39, 0.29) is 34.6 Å². The van der Waals surface area contributed by atoms with Crippen LogP contribution in [0.4, 0.5) is 0 Å². The summed E-state index contributed by atoms with van der Waals surface area (Å²) >= 11 is 6.14. The first-order valence-corrected chi connectivity index (χ1v) is 20.1. The highest BCUT2D eigenvalue weighted by molar-refractivity contribution is 9.11. The molecule has 1 aromatic carbocycles. The number of sulfone groups is 1. The number of phosphoric acid groups is 1. The molecule has 2 aliphatic heterocycles. The minimum atomic E-state index is -4.70. The number of aromatic nitrogens is 4. The van der Waals surface area contributed by atoms with Gasteiger partial charge in [0.05, 0.1) is 41.4 Å². The van der Waals surface area contributed by atoms with Crippen molar-refractivity contribution in [1.82, 2.24) is 19.1 Å². The van der Waals surface area contributed by atoms with E-state index in [0.717, 1.165) is 15.4 Å². The summed E-state index contributed by atoms with van der Waals surface area (Å²) in [5.74, 6) is -0.124. The fraction of sp³-hybridized carbons (Fsp3) is 0.379. The van der Waals surface area contributed by atoms with Crippen LogP contribution >= 0.6 is 39.7 Å². The third-order valence-electron chi connectivity index (χ3n) is 7.77. The summed E-state index contributed by atoms with van der Waals surface area (Å²) < 4.78 is 68.3. The standard InChI is InChI=1S/C29H31Br2N4O14PS/c1-51(43,44)19-4-2-18(3-5-19)49-50(42,45-14-22-20(36)10-24(47-22)34-12-16(6-8-30)26(38)32-28(34)40)46-15-23-21(37)11-25(48-23)35-13-17(7-9-31)27(39)33-29(35)41/h2-9,12-13,20-25,36-37H,10-11,14-15H2,1H3,(H,32,38,40)(H,33,39,41)/b8-6+,9-7+/t20-,21-,22+,23+,24+,25+/m0/s1. The third-order valence-corrected chi connectivity index (χ3v) is 10.8. The predicted octanol–water partition coefficient (Wildman–Crippen LogP) is 1.74. The molecular formula is C29H31Br2N4O14PS. The minimum absolute atomic E-state index is 0.0480. The number of phosphoric ester groups is 1. The van der Waals surface area contributed by atoms with Gasteiger partial charge in [0.2, 0.25) is 0 Å². The van der Waals surface area contributed by atoms with E-state index in [2.05, 4.69) is 41.8 Å². The number of rotatable bonds is 13. The quantitative estimate of drug-likeness (QED) is 0.179. The Morgan fingerprint density at radius 2 is 1.27 bits per heavy atom. The molecule has 0 bridgehead atoms. The molecule has 0 amide bonds. The van der Waals surface area contributed by atoms with Crippen molar-refractivity contribution in [2.45, 2.75) is 54.6 Å². The number of H-pyrrole nitrogens is 2. The molecule has 22 heteroatoms. The lowest BCUT2D eigenvalue weighted by molar-refractivity contribution is -0.0575. The molecule has 0 aliphatic carbocycles. The van der Waals surface area contributed by atoms with Crippen LogP contribution in [0.5, 0.6) is 5.75 Å². The average molecular weight is 882 g/mol. The maximum absolute atomic E-state index is 14.0.